The van der Waals surface area contributed by atoms with Crippen LogP contribution in [0.15, 0.2) is 22.6 Å². The van der Waals surface area contributed by atoms with Crippen molar-refractivity contribution in [3.8, 4) is 0 Å². The molecule has 0 spiro atoms. The molecule has 0 unspecified atom stereocenters. The predicted octanol–water partition coefficient (Wildman–Crippen LogP) is 3.04. The quantitative estimate of drug-likeness (QED) is 0.870. The lowest BCUT2D eigenvalue weighted by atomic mass is 10.1. The lowest BCUT2D eigenvalue weighted by Crippen LogP contribution is -1.95. The molecule has 2 N–H and O–H groups in total. The summed E-state index contributed by atoms with van der Waals surface area (Å²) in [6.45, 7) is 5.57. The molecule has 1 aromatic heterocycles. The molecule has 18 heavy (non-hydrogen) atoms. The summed E-state index contributed by atoms with van der Waals surface area (Å²) in [6.07, 6.45) is 0. The van der Waals surface area contributed by atoms with E-state index >= 15 is 0 Å². The van der Waals surface area contributed by atoms with Crippen LogP contribution in [0, 0.1) is 20.8 Å². The summed E-state index contributed by atoms with van der Waals surface area (Å²) in [5, 5.41) is 11.8. The number of carboxylic acid groups (broad SMARTS) is 1. The van der Waals surface area contributed by atoms with Gasteiger partial charge in [-0.3, -0.25) is 0 Å². The summed E-state index contributed by atoms with van der Waals surface area (Å²) in [5.74, 6) is -1.25. The Balaban J connectivity index is 2.28. The number of benzene rings is 1. The monoisotopic (exact) mass is 246 g/mol. The van der Waals surface area contributed by atoms with Gasteiger partial charge in [0.15, 0.2) is 0 Å². The van der Waals surface area contributed by atoms with Gasteiger partial charge in [-0.15, -0.1) is 0 Å². The summed E-state index contributed by atoms with van der Waals surface area (Å²) >= 11 is 0. The Labute approximate surface area is 104 Å². The summed E-state index contributed by atoms with van der Waals surface area (Å²) in [5.41, 5.74) is 3.40. The number of aromatic carboxylic acids is 1. The number of carbonyl (C=O) groups is 1. The van der Waals surface area contributed by atoms with Crippen molar-refractivity contribution in [3.05, 3.63) is 40.8 Å². The third-order valence-electron chi connectivity index (χ3n) is 2.46. The average Bonchev–Trinajstić information content (AvgIpc) is 2.57. The van der Waals surface area contributed by atoms with Crippen LogP contribution >= 0.6 is 0 Å². The number of rotatable bonds is 3. The number of anilines is 2. The SMILES string of the molecule is Cc1cc(C)cc(Nc2nc(C)c(C(=O)O)o2)c1. The number of nitrogens with one attached hydrogen (secondary N) is 1. The number of hydrogen-bond donors (Lipinski definition) is 2. The topological polar surface area (TPSA) is 75.4 Å². The Morgan fingerprint density at radius 3 is 2.33 bits per heavy atom. The fourth-order valence-corrected chi connectivity index (χ4v) is 1.82. The Bertz CT molecular complexity index is 582. The van der Waals surface area contributed by atoms with Gasteiger partial charge in [0.25, 0.3) is 6.01 Å². The molecule has 0 amide bonds. The van der Waals surface area contributed by atoms with E-state index in [2.05, 4.69) is 16.4 Å². The number of oxazole rings is 1. The molecule has 0 atom stereocenters. The minimum Gasteiger partial charge on any atom is -0.475 e. The fourth-order valence-electron chi connectivity index (χ4n) is 1.82. The first-order chi connectivity index (χ1) is 8.45. The van der Waals surface area contributed by atoms with Gasteiger partial charge < -0.3 is 14.8 Å². The molecule has 0 aliphatic heterocycles. The van der Waals surface area contributed by atoms with Crippen molar-refractivity contribution in [2.45, 2.75) is 20.8 Å². The Morgan fingerprint density at radius 1 is 1.22 bits per heavy atom. The molecule has 5 heteroatoms. The van der Waals surface area contributed by atoms with Crippen LogP contribution < -0.4 is 5.32 Å². The zero-order valence-electron chi connectivity index (χ0n) is 10.4. The molecule has 0 fully saturated rings. The molecule has 0 aliphatic carbocycles. The van der Waals surface area contributed by atoms with Crippen molar-refractivity contribution in [2.75, 3.05) is 5.32 Å². The predicted molar refractivity (Wildman–Crippen MR) is 67.4 cm³/mol. The number of aromatic nitrogens is 1. The molecular formula is C13H14N2O3. The Kier molecular flexibility index (Phi) is 3.06. The largest absolute Gasteiger partial charge is 0.475 e. The van der Waals surface area contributed by atoms with Crippen LogP contribution in [-0.2, 0) is 0 Å². The molecule has 1 aromatic carbocycles. The van der Waals surface area contributed by atoms with Crippen molar-refractivity contribution >= 4 is 17.7 Å². The number of nitrogens with zero attached hydrogens (tertiary/aromatic N) is 1. The van der Waals surface area contributed by atoms with E-state index in [1.165, 1.54) is 0 Å². The van der Waals surface area contributed by atoms with Gasteiger partial charge in [-0.05, 0) is 44.0 Å². The Morgan fingerprint density at radius 2 is 1.83 bits per heavy atom. The summed E-state index contributed by atoms with van der Waals surface area (Å²) in [4.78, 5) is 14.9. The first kappa shape index (κ1) is 12.2. The highest BCUT2D eigenvalue weighted by Crippen LogP contribution is 2.21. The molecule has 5 nitrogen and oxygen atoms in total. The highest BCUT2D eigenvalue weighted by atomic mass is 16.4. The van der Waals surface area contributed by atoms with E-state index in [4.69, 9.17) is 9.52 Å². The van der Waals surface area contributed by atoms with E-state index in [1.54, 1.807) is 6.92 Å². The second-order valence-electron chi connectivity index (χ2n) is 4.24. The third kappa shape index (κ3) is 2.51. The van der Waals surface area contributed by atoms with Gasteiger partial charge in [0.05, 0.1) is 5.69 Å². The van der Waals surface area contributed by atoms with Gasteiger partial charge >= 0.3 is 5.97 Å². The van der Waals surface area contributed by atoms with Crippen LogP contribution in [-0.4, -0.2) is 16.1 Å². The van der Waals surface area contributed by atoms with Gasteiger partial charge in [0, 0.05) is 5.69 Å². The molecule has 94 valence electrons. The zero-order valence-corrected chi connectivity index (χ0v) is 10.4. The second kappa shape index (κ2) is 4.52. The van der Waals surface area contributed by atoms with Gasteiger partial charge in [-0.1, -0.05) is 6.07 Å². The molecule has 2 rings (SSSR count). The molecule has 1 heterocycles. The van der Waals surface area contributed by atoms with E-state index in [1.807, 2.05) is 26.0 Å². The molecule has 0 saturated carbocycles. The maximum atomic E-state index is 10.8. The van der Waals surface area contributed by atoms with Crippen LogP contribution in [0.5, 0.6) is 0 Å². The van der Waals surface area contributed by atoms with Crippen LogP contribution in [0.3, 0.4) is 0 Å². The van der Waals surface area contributed by atoms with E-state index in [-0.39, 0.29) is 11.8 Å². The number of aryl methyl sites for hydroxylation is 3. The number of hydrogen-bond acceptors (Lipinski definition) is 4. The standard InChI is InChI=1S/C13H14N2O3/c1-7-4-8(2)6-10(5-7)15-13-14-9(3)11(18-13)12(16)17/h4-6H,1-3H3,(H,14,15)(H,16,17). The van der Waals surface area contributed by atoms with E-state index in [9.17, 15) is 4.79 Å². The summed E-state index contributed by atoms with van der Waals surface area (Å²) < 4.78 is 5.14. The maximum absolute atomic E-state index is 10.8. The van der Waals surface area contributed by atoms with Crippen molar-refractivity contribution in [2.24, 2.45) is 0 Å². The Hall–Kier alpha value is -2.30. The number of carboxylic acids is 1. The average molecular weight is 246 g/mol. The van der Waals surface area contributed by atoms with E-state index < -0.39 is 5.97 Å². The normalized spacial score (nSPS) is 10.4. The van der Waals surface area contributed by atoms with Crippen LogP contribution in [0.4, 0.5) is 11.7 Å². The second-order valence-corrected chi connectivity index (χ2v) is 4.24. The molecule has 0 radical (unpaired) electrons. The lowest BCUT2D eigenvalue weighted by molar-refractivity contribution is 0.0662. The minimum atomic E-state index is -1.12. The van der Waals surface area contributed by atoms with Crippen LogP contribution in [0.1, 0.15) is 27.4 Å². The molecular weight excluding hydrogens is 232 g/mol. The maximum Gasteiger partial charge on any atom is 0.373 e. The smallest absolute Gasteiger partial charge is 0.373 e. The van der Waals surface area contributed by atoms with Crippen LogP contribution in [0.2, 0.25) is 0 Å². The highest BCUT2D eigenvalue weighted by Gasteiger charge is 2.16. The van der Waals surface area contributed by atoms with E-state index in [0.29, 0.717) is 5.69 Å². The molecule has 0 bridgehead atoms. The van der Waals surface area contributed by atoms with E-state index in [0.717, 1.165) is 16.8 Å². The van der Waals surface area contributed by atoms with Crippen molar-refractivity contribution in [1.29, 1.82) is 0 Å². The van der Waals surface area contributed by atoms with Crippen molar-refractivity contribution in [3.63, 3.8) is 0 Å². The first-order valence-electron chi connectivity index (χ1n) is 5.52. The molecule has 0 saturated heterocycles. The summed E-state index contributed by atoms with van der Waals surface area (Å²) in [6, 6.07) is 6.11. The van der Waals surface area contributed by atoms with Gasteiger partial charge in [-0.25, -0.2) is 4.79 Å². The molecule has 2 aromatic rings. The van der Waals surface area contributed by atoms with Gasteiger partial charge in [-0.2, -0.15) is 4.98 Å². The van der Waals surface area contributed by atoms with Gasteiger partial charge in [0.1, 0.15) is 0 Å². The summed E-state index contributed by atoms with van der Waals surface area (Å²) in [7, 11) is 0. The zero-order chi connectivity index (χ0) is 13.3. The minimum absolute atomic E-state index is 0.137. The third-order valence-corrected chi connectivity index (χ3v) is 2.46. The van der Waals surface area contributed by atoms with Crippen molar-refractivity contribution < 1.29 is 14.3 Å². The fraction of sp³-hybridized carbons (Fsp3) is 0.231. The lowest BCUT2D eigenvalue weighted by Gasteiger charge is -2.04. The first-order valence-corrected chi connectivity index (χ1v) is 5.52. The van der Waals surface area contributed by atoms with Crippen molar-refractivity contribution in [1.82, 2.24) is 4.98 Å². The molecule has 0 aliphatic rings. The van der Waals surface area contributed by atoms with Crippen LogP contribution in [0.25, 0.3) is 0 Å². The highest BCUT2D eigenvalue weighted by molar-refractivity contribution is 5.85. The van der Waals surface area contributed by atoms with Gasteiger partial charge in [0.2, 0.25) is 5.76 Å².